The van der Waals surface area contributed by atoms with Crippen LogP contribution in [0, 0.1) is 0 Å². The zero-order valence-corrected chi connectivity index (χ0v) is 16.3. The second kappa shape index (κ2) is 8.91. The maximum atomic E-state index is 13.4. The zero-order valence-electron chi connectivity index (χ0n) is 15.6. The second-order valence-electron chi connectivity index (χ2n) is 5.84. The lowest BCUT2D eigenvalue weighted by molar-refractivity contribution is -0.139. The van der Waals surface area contributed by atoms with Crippen molar-refractivity contribution in [2.24, 2.45) is 0 Å². The van der Waals surface area contributed by atoms with Crippen molar-refractivity contribution in [2.45, 2.75) is 13.2 Å². The highest BCUT2D eigenvalue weighted by Crippen LogP contribution is 2.36. The predicted molar refractivity (Wildman–Crippen MR) is 104 cm³/mol. The molecule has 0 aliphatic rings. The number of esters is 1. The van der Waals surface area contributed by atoms with E-state index in [1.54, 1.807) is 30.3 Å². The van der Waals surface area contributed by atoms with Crippen molar-refractivity contribution < 1.29 is 27.8 Å². The summed E-state index contributed by atoms with van der Waals surface area (Å²) in [5.74, 6) is 0.0133. The smallest absolute Gasteiger partial charge is 0.331 e. The van der Waals surface area contributed by atoms with E-state index < -0.39 is 19.1 Å². The van der Waals surface area contributed by atoms with Crippen molar-refractivity contribution in [2.75, 3.05) is 14.2 Å². The number of halogens is 3. The number of aromatic nitrogens is 2. The first-order valence-electron chi connectivity index (χ1n) is 8.45. The number of hydrogen-bond acceptors (Lipinski definition) is 5. The van der Waals surface area contributed by atoms with E-state index in [9.17, 15) is 13.6 Å². The number of methoxy groups -OCH3 is 2. The Hall–Kier alpha value is -3.13. The van der Waals surface area contributed by atoms with Gasteiger partial charge in [0.05, 0.1) is 30.3 Å². The third kappa shape index (κ3) is 4.48. The average Bonchev–Trinajstić information content (AvgIpc) is 3.08. The molecule has 0 unspecified atom stereocenters. The molecule has 1 heterocycles. The van der Waals surface area contributed by atoms with E-state index in [0.717, 1.165) is 10.6 Å². The summed E-state index contributed by atoms with van der Waals surface area (Å²) in [6.45, 7) is -3.20. The quantitative estimate of drug-likeness (QED) is 0.402. The maximum absolute atomic E-state index is 13.4. The number of para-hydroxylation sites is 2. The lowest BCUT2D eigenvalue weighted by Crippen LogP contribution is -2.09. The van der Waals surface area contributed by atoms with Crippen LogP contribution in [0.2, 0.25) is 5.02 Å². The van der Waals surface area contributed by atoms with E-state index >= 15 is 0 Å². The monoisotopic (exact) mass is 422 g/mol. The molecule has 9 heteroatoms. The van der Waals surface area contributed by atoms with Crippen LogP contribution in [0.4, 0.5) is 8.78 Å². The molecule has 0 amide bonds. The molecule has 0 fully saturated rings. The minimum Gasteiger partial charge on any atom is -0.493 e. The van der Waals surface area contributed by atoms with E-state index in [-0.39, 0.29) is 11.3 Å². The molecule has 0 saturated carbocycles. The number of fused-ring (bicyclic) bond motifs is 1. The van der Waals surface area contributed by atoms with Gasteiger partial charge in [-0.15, -0.1) is 0 Å². The van der Waals surface area contributed by atoms with Gasteiger partial charge in [-0.3, -0.25) is 4.57 Å². The number of ether oxygens (including phenoxy) is 3. The topological polar surface area (TPSA) is 62.6 Å². The lowest BCUT2D eigenvalue weighted by Gasteiger charge is -2.10. The van der Waals surface area contributed by atoms with E-state index in [4.69, 9.17) is 25.8 Å². The van der Waals surface area contributed by atoms with E-state index in [1.807, 2.05) is 0 Å². The summed E-state index contributed by atoms with van der Waals surface area (Å²) in [4.78, 5) is 16.1. The van der Waals surface area contributed by atoms with Crippen LogP contribution in [-0.4, -0.2) is 29.7 Å². The molecule has 0 spiro atoms. The first-order chi connectivity index (χ1) is 13.9. The standard InChI is InChI=1S/C20H17ClF2N2O4/c1-27-16-10-12(9-13(21)19(16)28-2)7-8-18(26)29-11-17-24-14-5-3-4-6-15(14)25(17)20(22)23/h3-10,20H,11H2,1-2H3/b8-7+. The Morgan fingerprint density at radius 2 is 2.00 bits per heavy atom. The van der Waals surface area contributed by atoms with Gasteiger partial charge in [-0.1, -0.05) is 23.7 Å². The van der Waals surface area contributed by atoms with Crippen molar-refractivity contribution in [1.82, 2.24) is 9.55 Å². The highest BCUT2D eigenvalue weighted by Gasteiger charge is 2.18. The number of alkyl halides is 2. The Kier molecular flexibility index (Phi) is 6.33. The summed E-state index contributed by atoms with van der Waals surface area (Å²) < 4.78 is 42.9. The van der Waals surface area contributed by atoms with Gasteiger partial charge in [0.15, 0.2) is 17.3 Å². The molecular weight excluding hydrogens is 406 g/mol. The molecule has 0 bridgehead atoms. The number of nitrogens with zero attached hydrogens (tertiary/aromatic N) is 2. The van der Waals surface area contributed by atoms with Gasteiger partial charge in [0, 0.05) is 6.08 Å². The van der Waals surface area contributed by atoms with Gasteiger partial charge in [0.2, 0.25) is 0 Å². The third-order valence-corrected chi connectivity index (χ3v) is 4.36. The first kappa shape index (κ1) is 20.6. The molecule has 3 rings (SSSR count). The van der Waals surface area contributed by atoms with Crippen LogP contribution in [0.15, 0.2) is 42.5 Å². The molecule has 3 aromatic rings. The highest BCUT2D eigenvalue weighted by atomic mass is 35.5. The maximum Gasteiger partial charge on any atom is 0.331 e. The van der Waals surface area contributed by atoms with Gasteiger partial charge in [-0.25, -0.2) is 9.78 Å². The Morgan fingerprint density at radius 1 is 1.24 bits per heavy atom. The van der Waals surface area contributed by atoms with Gasteiger partial charge >= 0.3 is 12.5 Å². The average molecular weight is 423 g/mol. The van der Waals surface area contributed by atoms with Crippen molar-refractivity contribution in [3.05, 3.63) is 58.9 Å². The van der Waals surface area contributed by atoms with Crippen LogP contribution >= 0.6 is 11.6 Å². The fraction of sp³-hybridized carbons (Fsp3) is 0.200. The number of rotatable bonds is 7. The largest absolute Gasteiger partial charge is 0.493 e. The molecule has 0 N–H and O–H groups in total. The number of benzene rings is 2. The first-order valence-corrected chi connectivity index (χ1v) is 8.82. The van der Waals surface area contributed by atoms with Crippen LogP contribution in [0.1, 0.15) is 17.9 Å². The molecule has 152 valence electrons. The van der Waals surface area contributed by atoms with Crippen LogP contribution in [0.3, 0.4) is 0 Å². The summed E-state index contributed by atoms with van der Waals surface area (Å²) >= 11 is 6.12. The SMILES string of the molecule is COc1cc(/C=C/C(=O)OCc2nc3ccccc3n2C(F)F)cc(Cl)c1OC. The molecule has 0 atom stereocenters. The van der Waals surface area contributed by atoms with E-state index in [0.29, 0.717) is 27.6 Å². The second-order valence-corrected chi connectivity index (χ2v) is 6.25. The fourth-order valence-corrected chi connectivity index (χ4v) is 3.09. The van der Waals surface area contributed by atoms with Crippen molar-refractivity contribution in [3.63, 3.8) is 0 Å². The minimum atomic E-state index is -2.81. The van der Waals surface area contributed by atoms with Gasteiger partial charge in [0.1, 0.15) is 6.61 Å². The number of carbonyl (C=O) groups excluding carboxylic acids is 1. The lowest BCUT2D eigenvalue weighted by atomic mass is 10.2. The normalized spacial score (nSPS) is 11.4. The number of carbonyl (C=O) groups is 1. The zero-order chi connectivity index (χ0) is 21.0. The Labute approximate surface area is 170 Å². The molecule has 0 aliphatic heterocycles. The molecule has 0 radical (unpaired) electrons. The molecule has 29 heavy (non-hydrogen) atoms. The van der Waals surface area contributed by atoms with Crippen LogP contribution in [0.5, 0.6) is 11.5 Å². The van der Waals surface area contributed by atoms with Gasteiger partial charge in [-0.05, 0) is 35.9 Å². The molecule has 6 nitrogen and oxygen atoms in total. The minimum absolute atomic E-state index is 0.0443. The van der Waals surface area contributed by atoms with Crippen LogP contribution in [-0.2, 0) is 16.1 Å². The van der Waals surface area contributed by atoms with Gasteiger partial charge < -0.3 is 14.2 Å². The van der Waals surface area contributed by atoms with Crippen LogP contribution in [0.25, 0.3) is 17.1 Å². The van der Waals surface area contributed by atoms with Crippen molar-refractivity contribution >= 4 is 34.7 Å². The fourth-order valence-electron chi connectivity index (χ4n) is 2.80. The molecule has 1 aromatic heterocycles. The molecular formula is C20H17ClF2N2O4. The molecule has 2 aromatic carbocycles. The van der Waals surface area contributed by atoms with Gasteiger partial charge in [-0.2, -0.15) is 8.78 Å². The molecule has 0 aliphatic carbocycles. The predicted octanol–water partition coefficient (Wildman–Crippen LogP) is 4.86. The highest BCUT2D eigenvalue weighted by molar-refractivity contribution is 6.32. The Bertz CT molecular complexity index is 1070. The van der Waals surface area contributed by atoms with Gasteiger partial charge in [0.25, 0.3) is 0 Å². The third-order valence-electron chi connectivity index (χ3n) is 4.08. The Morgan fingerprint density at radius 3 is 2.69 bits per heavy atom. The summed E-state index contributed by atoms with van der Waals surface area (Å²) in [5.41, 5.74) is 1.24. The van der Waals surface area contributed by atoms with Crippen molar-refractivity contribution in [1.29, 1.82) is 0 Å². The van der Waals surface area contributed by atoms with E-state index in [2.05, 4.69) is 4.98 Å². The Balaban J connectivity index is 1.73. The summed E-state index contributed by atoms with van der Waals surface area (Å²) in [5, 5.41) is 0.311. The van der Waals surface area contributed by atoms with E-state index in [1.165, 1.54) is 26.4 Å². The van der Waals surface area contributed by atoms with Crippen molar-refractivity contribution in [3.8, 4) is 11.5 Å². The number of imidazole rings is 1. The summed E-state index contributed by atoms with van der Waals surface area (Å²) in [7, 11) is 2.92. The summed E-state index contributed by atoms with van der Waals surface area (Å²) in [6.07, 6.45) is 2.62. The number of hydrogen-bond donors (Lipinski definition) is 0. The van der Waals surface area contributed by atoms with Crippen LogP contribution < -0.4 is 9.47 Å². The molecule has 0 saturated heterocycles. The summed E-state index contributed by atoms with van der Waals surface area (Å²) in [6, 6.07) is 9.68.